The zero-order valence-corrected chi connectivity index (χ0v) is 15.5. The van der Waals surface area contributed by atoms with Gasteiger partial charge in [0.05, 0.1) is 11.3 Å². The predicted octanol–water partition coefficient (Wildman–Crippen LogP) is 1.03. The molecule has 0 unspecified atom stereocenters. The van der Waals surface area contributed by atoms with E-state index < -0.39 is 0 Å². The number of amides is 1. The number of likely N-dealkylation sites (N-methyl/N-ethyl adjacent to an activating group) is 1. The second kappa shape index (κ2) is 7.93. The maximum Gasteiger partial charge on any atom is 0.252 e. The minimum Gasteiger partial charge on any atom is -0.352 e. The molecular weight excluding hydrogens is 316 g/mol. The maximum absolute atomic E-state index is 12.3. The Kier molecular flexibility index (Phi) is 5.65. The summed E-state index contributed by atoms with van der Waals surface area (Å²) in [6, 6.07) is 1.88. The number of rotatable bonds is 6. The van der Waals surface area contributed by atoms with E-state index in [4.69, 9.17) is 0 Å². The largest absolute Gasteiger partial charge is 0.352 e. The van der Waals surface area contributed by atoms with Gasteiger partial charge in [0.1, 0.15) is 0 Å². The van der Waals surface area contributed by atoms with Gasteiger partial charge in [0.25, 0.3) is 5.91 Å². The minimum atomic E-state index is -0.0616. The van der Waals surface area contributed by atoms with E-state index in [-0.39, 0.29) is 5.91 Å². The number of carbonyl (C=O) groups excluding carboxylic acids is 1. The Morgan fingerprint density at radius 3 is 2.68 bits per heavy atom. The second-order valence-electron chi connectivity index (χ2n) is 6.69. The summed E-state index contributed by atoms with van der Waals surface area (Å²) in [6.07, 6.45) is 2.60. The quantitative estimate of drug-likeness (QED) is 0.793. The summed E-state index contributed by atoms with van der Waals surface area (Å²) >= 11 is 0. The molecule has 3 heterocycles. The van der Waals surface area contributed by atoms with Crippen LogP contribution in [-0.4, -0.2) is 76.3 Å². The fourth-order valence-electron chi connectivity index (χ4n) is 3.37. The molecule has 0 aliphatic carbocycles. The molecule has 0 saturated carbocycles. The molecule has 0 aromatic carbocycles. The van der Waals surface area contributed by atoms with Crippen molar-refractivity contribution in [2.45, 2.75) is 20.3 Å². The summed E-state index contributed by atoms with van der Waals surface area (Å²) in [4.78, 5) is 21.7. The molecule has 1 N–H and O–H groups in total. The van der Waals surface area contributed by atoms with Crippen molar-refractivity contribution in [3.05, 3.63) is 23.5 Å². The Balaban J connectivity index is 1.46. The van der Waals surface area contributed by atoms with Gasteiger partial charge in [0.15, 0.2) is 5.65 Å². The molecule has 0 spiro atoms. The maximum atomic E-state index is 12.3. The molecule has 3 rings (SSSR count). The van der Waals surface area contributed by atoms with Gasteiger partial charge in [-0.1, -0.05) is 6.92 Å². The van der Waals surface area contributed by atoms with E-state index in [0.29, 0.717) is 12.1 Å². The molecule has 2 aromatic rings. The normalized spacial score (nSPS) is 16.4. The summed E-state index contributed by atoms with van der Waals surface area (Å²) < 4.78 is 1.74. The zero-order valence-electron chi connectivity index (χ0n) is 15.5. The molecule has 0 atom stereocenters. The van der Waals surface area contributed by atoms with Crippen LogP contribution < -0.4 is 5.32 Å². The molecule has 2 aromatic heterocycles. The van der Waals surface area contributed by atoms with Crippen LogP contribution in [0.15, 0.2) is 12.3 Å². The standard InChI is InChI=1S/C18H28N6O/c1-4-23-8-10-24(11-9-23)7-5-6-19-18(25)15-12-16-14(2)21-22(3)17(16)20-13-15/h12-13H,4-11H2,1-3H3,(H,19,25). The van der Waals surface area contributed by atoms with Crippen molar-refractivity contribution in [2.24, 2.45) is 7.05 Å². The SMILES string of the molecule is CCN1CCN(CCCNC(=O)c2cnc3c(c2)c(C)nn3C)CC1. The molecule has 25 heavy (non-hydrogen) atoms. The van der Waals surface area contributed by atoms with Gasteiger partial charge in [0, 0.05) is 51.4 Å². The van der Waals surface area contributed by atoms with Crippen molar-refractivity contribution >= 4 is 16.9 Å². The van der Waals surface area contributed by atoms with Gasteiger partial charge >= 0.3 is 0 Å². The van der Waals surface area contributed by atoms with Crippen LogP contribution in [-0.2, 0) is 7.05 Å². The van der Waals surface area contributed by atoms with Crippen LogP contribution >= 0.6 is 0 Å². The van der Waals surface area contributed by atoms with Crippen LogP contribution in [0.5, 0.6) is 0 Å². The van der Waals surface area contributed by atoms with E-state index in [9.17, 15) is 4.79 Å². The third kappa shape index (κ3) is 4.16. The number of aromatic nitrogens is 3. The summed E-state index contributed by atoms with van der Waals surface area (Å²) in [5.74, 6) is -0.0616. The molecule has 1 saturated heterocycles. The Hall–Kier alpha value is -1.99. The lowest BCUT2D eigenvalue weighted by molar-refractivity contribution is 0.0948. The van der Waals surface area contributed by atoms with Crippen LogP contribution in [0.2, 0.25) is 0 Å². The van der Waals surface area contributed by atoms with E-state index in [2.05, 4.69) is 32.1 Å². The number of pyridine rings is 1. The Morgan fingerprint density at radius 2 is 1.96 bits per heavy atom. The number of nitrogens with one attached hydrogen (secondary N) is 1. The van der Waals surface area contributed by atoms with Crippen LogP contribution in [0.3, 0.4) is 0 Å². The van der Waals surface area contributed by atoms with Crippen molar-refractivity contribution in [1.29, 1.82) is 0 Å². The average Bonchev–Trinajstić information content (AvgIpc) is 2.92. The third-order valence-corrected chi connectivity index (χ3v) is 4.97. The minimum absolute atomic E-state index is 0.0616. The summed E-state index contributed by atoms with van der Waals surface area (Å²) in [6.45, 7) is 11.6. The smallest absolute Gasteiger partial charge is 0.252 e. The molecular formula is C18H28N6O. The van der Waals surface area contributed by atoms with Crippen molar-refractivity contribution in [3.63, 3.8) is 0 Å². The number of aryl methyl sites for hydroxylation is 2. The lowest BCUT2D eigenvalue weighted by Crippen LogP contribution is -2.46. The first kappa shape index (κ1) is 17.8. The van der Waals surface area contributed by atoms with Crippen LogP contribution in [0.25, 0.3) is 11.0 Å². The Labute approximate surface area is 149 Å². The molecule has 1 aliphatic rings. The van der Waals surface area contributed by atoms with Gasteiger partial charge in [-0.05, 0) is 32.5 Å². The number of piperazine rings is 1. The van der Waals surface area contributed by atoms with Crippen LogP contribution in [0.1, 0.15) is 29.4 Å². The van der Waals surface area contributed by atoms with Gasteiger partial charge < -0.3 is 15.1 Å². The number of carbonyl (C=O) groups is 1. The average molecular weight is 344 g/mol. The predicted molar refractivity (Wildman–Crippen MR) is 98.8 cm³/mol. The van der Waals surface area contributed by atoms with Crippen LogP contribution in [0.4, 0.5) is 0 Å². The lowest BCUT2D eigenvalue weighted by atomic mass is 10.2. The molecule has 1 amide bonds. The summed E-state index contributed by atoms with van der Waals surface area (Å²) in [5.41, 5.74) is 2.30. The van der Waals surface area contributed by atoms with E-state index in [0.717, 1.165) is 62.4 Å². The number of nitrogens with zero attached hydrogens (tertiary/aromatic N) is 5. The summed E-state index contributed by atoms with van der Waals surface area (Å²) in [5, 5.41) is 8.28. The lowest BCUT2D eigenvalue weighted by Gasteiger charge is -2.33. The number of hydrogen-bond donors (Lipinski definition) is 1. The van der Waals surface area contributed by atoms with E-state index >= 15 is 0 Å². The highest BCUT2D eigenvalue weighted by molar-refractivity contribution is 5.97. The van der Waals surface area contributed by atoms with Crippen molar-refractivity contribution in [1.82, 2.24) is 29.9 Å². The Bertz CT molecular complexity index is 732. The van der Waals surface area contributed by atoms with Gasteiger partial charge in [-0.3, -0.25) is 9.48 Å². The highest BCUT2D eigenvalue weighted by Crippen LogP contribution is 2.16. The first-order chi connectivity index (χ1) is 12.1. The van der Waals surface area contributed by atoms with Gasteiger partial charge in [-0.2, -0.15) is 5.10 Å². The van der Waals surface area contributed by atoms with Gasteiger partial charge in [-0.25, -0.2) is 4.98 Å². The molecule has 1 fully saturated rings. The van der Waals surface area contributed by atoms with E-state index in [1.165, 1.54) is 0 Å². The van der Waals surface area contributed by atoms with Crippen molar-refractivity contribution in [2.75, 3.05) is 45.8 Å². The molecule has 1 aliphatic heterocycles. The fraction of sp³-hybridized carbons (Fsp3) is 0.611. The van der Waals surface area contributed by atoms with Gasteiger partial charge in [0.2, 0.25) is 0 Å². The van der Waals surface area contributed by atoms with Gasteiger partial charge in [-0.15, -0.1) is 0 Å². The third-order valence-electron chi connectivity index (χ3n) is 4.97. The van der Waals surface area contributed by atoms with E-state index in [1.807, 2.05) is 20.0 Å². The van der Waals surface area contributed by atoms with Crippen LogP contribution in [0, 0.1) is 6.92 Å². The molecule has 136 valence electrons. The van der Waals surface area contributed by atoms with Crippen molar-refractivity contribution in [3.8, 4) is 0 Å². The second-order valence-corrected chi connectivity index (χ2v) is 6.69. The zero-order chi connectivity index (χ0) is 17.8. The first-order valence-corrected chi connectivity index (χ1v) is 9.10. The first-order valence-electron chi connectivity index (χ1n) is 9.10. The highest BCUT2D eigenvalue weighted by Gasteiger charge is 2.15. The highest BCUT2D eigenvalue weighted by atomic mass is 16.1. The molecule has 7 heteroatoms. The Morgan fingerprint density at radius 1 is 1.24 bits per heavy atom. The fourth-order valence-corrected chi connectivity index (χ4v) is 3.37. The number of hydrogen-bond acceptors (Lipinski definition) is 5. The summed E-state index contributed by atoms with van der Waals surface area (Å²) in [7, 11) is 1.86. The molecule has 7 nitrogen and oxygen atoms in total. The monoisotopic (exact) mass is 344 g/mol. The molecule has 0 radical (unpaired) electrons. The van der Waals surface area contributed by atoms with Crippen molar-refractivity contribution < 1.29 is 4.79 Å². The molecule has 0 bridgehead atoms. The van der Waals surface area contributed by atoms with E-state index in [1.54, 1.807) is 10.9 Å². The number of fused-ring (bicyclic) bond motifs is 1. The topological polar surface area (TPSA) is 66.3 Å².